The molecule has 1 aromatic carbocycles. The van der Waals surface area contributed by atoms with Crippen LogP contribution in [0.4, 0.5) is 0 Å². The lowest BCUT2D eigenvalue weighted by atomic mass is 9.98. The van der Waals surface area contributed by atoms with E-state index in [1.807, 2.05) is 6.20 Å². The van der Waals surface area contributed by atoms with Crippen LogP contribution in [-0.2, 0) is 6.54 Å². The minimum Gasteiger partial charge on any atom is -0.361 e. The van der Waals surface area contributed by atoms with Crippen LogP contribution in [0, 0.1) is 11.8 Å². The summed E-state index contributed by atoms with van der Waals surface area (Å²) >= 11 is 0. The van der Waals surface area contributed by atoms with Crippen molar-refractivity contribution < 1.29 is 0 Å². The fourth-order valence-corrected chi connectivity index (χ4v) is 3.14. The van der Waals surface area contributed by atoms with Crippen molar-refractivity contribution in [3.8, 4) is 0 Å². The molecule has 2 atom stereocenters. The zero-order chi connectivity index (χ0) is 12.4. The standard InChI is InChI=1S/C16H22N2/c1-12-3-2-4-15(12)11-17-10-13-5-6-16-14(9-13)7-8-18-16/h5-9,12,15,17-18H,2-4,10-11H2,1H3. The summed E-state index contributed by atoms with van der Waals surface area (Å²) in [5, 5.41) is 4.93. The highest BCUT2D eigenvalue weighted by Crippen LogP contribution is 2.30. The molecule has 1 aromatic heterocycles. The van der Waals surface area contributed by atoms with E-state index < -0.39 is 0 Å². The first-order valence-electron chi connectivity index (χ1n) is 7.09. The number of aromatic amines is 1. The molecule has 1 fully saturated rings. The summed E-state index contributed by atoms with van der Waals surface area (Å²) in [6.07, 6.45) is 6.25. The number of aromatic nitrogens is 1. The van der Waals surface area contributed by atoms with Gasteiger partial charge in [0.2, 0.25) is 0 Å². The van der Waals surface area contributed by atoms with E-state index in [0.717, 1.165) is 18.4 Å². The van der Waals surface area contributed by atoms with E-state index in [4.69, 9.17) is 0 Å². The van der Waals surface area contributed by atoms with E-state index in [2.05, 4.69) is 41.5 Å². The van der Waals surface area contributed by atoms with Gasteiger partial charge in [0.1, 0.15) is 0 Å². The van der Waals surface area contributed by atoms with Gasteiger partial charge in [0.15, 0.2) is 0 Å². The maximum Gasteiger partial charge on any atom is 0.0454 e. The number of fused-ring (bicyclic) bond motifs is 1. The molecule has 0 aliphatic heterocycles. The highest BCUT2D eigenvalue weighted by molar-refractivity contribution is 5.79. The molecule has 18 heavy (non-hydrogen) atoms. The summed E-state index contributed by atoms with van der Waals surface area (Å²) < 4.78 is 0. The first-order chi connectivity index (χ1) is 8.83. The first-order valence-corrected chi connectivity index (χ1v) is 7.09. The van der Waals surface area contributed by atoms with Gasteiger partial charge in [-0.3, -0.25) is 0 Å². The van der Waals surface area contributed by atoms with E-state index in [1.54, 1.807) is 0 Å². The summed E-state index contributed by atoms with van der Waals surface area (Å²) in [6, 6.07) is 8.79. The molecule has 2 unspecified atom stereocenters. The average Bonchev–Trinajstić information content (AvgIpc) is 2.98. The first kappa shape index (κ1) is 11.8. The normalized spacial score (nSPS) is 23.8. The lowest BCUT2D eigenvalue weighted by Crippen LogP contribution is -2.23. The molecule has 2 aromatic rings. The van der Waals surface area contributed by atoms with Crippen LogP contribution in [0.25, 0.3) is 10.9 Å². The summed E-state index contributed by atoms with van der Waals surface area (Å²) in [4.78, 5) is 3.23. The van der Waals surface area contributed by atoms with Crippen molar-refractivity contribution in [1.29, 1.82) is 0 Å². The Hall–Kier alpha value is -1.28. The van der Waals surface area contributed by atoms with Gasteiger partial charge in [-0.25, -0.2) is 0 Å². The summed E-state index contributed by atoms with van der Waals surface area (Å²) in [5.41, 5.74) is 2.61. The zero-order valence-corrected chi connectivity index (χ0v) is 11.1. The predicted octanol–water partition coefficient (Wildman–Crippen LogP) is 3.69. The van der Waals surface area contributed by atoms with Gasteiger partial charge in [0.05, 0.1) is 0 Å². The molecule has 0 amide bonds. The minimum atomic E-state index is 0.890. The van der Waals surface area contributed by atoms with Crippen molar-refractivity contribution in [3.05, 3.63) is 36.0 Å². The maximum absolute atomic E-state index is 3.62. The van der Waals surface area contributed by atoms with E-state index in [-0.39, 0.29) is 0 Å². The smallest absolute Gasteiger partial charge is 0.0454 e. The Kier molecular flexibility index (Phi) is 3.37. The molecular weight excluding hydrogens is 220 g/mol. The molecule has 1 aliphatic carbocycles. The van der Waals surface area contributed by atoms with Crippen LogP contribution in [0.5, 0.6) is 0 Å². The average molecular weight is 242 g/mol. The highest BCUT2D eigenvalue weighted by atomic mass is 14.9. The second-order valence-corrected chi connectivity index (χ2v) is 5.70. The zero-order valence-electron chi connectivity index (χ0n) is 11.1. The SMILES string of the molecule is CC1CCCC1CNCc1ccc2[nH]ccc2c1. The molecule has 96 valence electrons. The summed E-state index contributed by atoms with van der Waals surface area (Å²) in [5.74, 6) is 1.80. The van der Waals surface area contributed by atoms with Gasteiger partial charge in [-0.05, 0) is 54.0 Å². The fraction of sp³-hybridized carbons (Fsp3) is 0.500. The van der Waals surface area contributed by atoms with Crippen LogP contribution >= 0.6 is 0 Å². The molecule has 0 spiro atoms. The number of hydrogen-bond acceptors (Lipinski definition) is 1. The molecule has 1 saturated carbocycles. The second-order valence-electron chi connectivity index (χ2n) is 5.70. The monoisotopic (exact) mass is 242 g/mol. The van der Waals surface area contributed by atoms with Gasteiger partial charge in [0, 0.05) is 18.3 Å². The van der Waals surface area contributed by atoms with Crippen molar-refractivity contribution in [2.45, 2.75) is 32.7 Å². The lowest BCUT2D eigenvalue weighted by molar-refractivity contribution is 0.392. The number of hydrogen-bond donors (Lipinski definition) is 2. The van der Waals surface area contributed by atoms with Gasteiger partial charge in [-0.15, -0.1) is 0 Å². The maximum atomic E-state index is 3.62. The van der Waals surface area contributed by atoms with Crippen LogP contribution in [-0.4, -0.2) is 11.5 Å². The highest BCUT2D eigenvalue weighted by Gasteiger charge is 2.22. The second kappa shape index (κ2) is 5.15. The van der Waals surface area contributed by atoms with Crippen molar-refractivity contribution >= 4 is 10.9 Å². The molecule has 2 nitrogen and oxygen atoms in total. The Labute approximate surface area is 109 Å². The van der Waals surface area contributed by atoms with Gasteiger partial charge < -0.3 is 10.3 Å². The van der Waals surface area contributed by atoms with Crippen LogP contribution in [0.1, 0.15) is 31.7 Å². The minimum absolute atomic E-state index is 0.890. The fourth-order valence-electron chi connectivity index (χ4n) is 3.14. The largest absolute Gasteiger partial charge is 0.361 e. The van der Waals surface area contributed by atoms with Crippen molar-refractivity contribution in [2.75, 3.05) is 6.54 Å². The van der Waals surface area contributed by atoms with Gasteiger partial charge in [-0.2, -0.15) is 0 Å². The summed E-state index contributed by atoms with van der Waals surface area (Å²) in [7, 11) is 0. The molecular formula is C16H22N2. The predicted molar refractivity (Wildman–Crippen MR) is 76.5 cm³/mol. The molecule has 0 radical (unpaired) electrons. The number of benzene rings is 1. The molecule has 3 rings (SSSR count). The lowest BCUT2D eigenvalue weighted by Gasteiger charge is -2.15. The molecule has 0 bridgehead atoms. The molecule has 0 saturated heterocycles. The van der Waals surface area contributed by atoms with Gasteiger partial charge >= 0.3 is 0 Å². The number of rotatable bonds is 4. The van der Waals surface area contributed by atoms with E-state index in [0.29, 0.717) is 0 Å². The van der Waals surface area contributed by atoms with E-state index in [1.165, 1.54) is 42.3 Å². The van der Waals surface area contributed by atoms with Gasteiger partial charge in [-0.1, -0.05) is 25.8 Å². The Morgan fingerprint density at radius 1 is 1.28 bits per heavy atom. The third-order valence-corrected chi connectivity index (χ3v) is 4.39. The van der Waals surface area contributed by atoms with Gasteiger partial charge in [0.25, 0.3) is 0 Å². The van der Waals surface area contributed by atoms with Crippen LogP contribution in [0.2, 0.25) is 0 Å². The van der Waals surface area contributed by atoms with Crippen LogP contribution in [0.3, 0.4) is 0 Å². The Morgan fingerprint density at radius 2 is 2.22 bits per heavy atom. The molecule has 2 heteroatoms. The molecule has 1 heterocycles. The summed E-state index contributed by atoms with van der Waals surface area (Å²) in [6.45, 7) is 4.56. The van der Waals surface area contributed by atoms with Crippen LogP contribution in [0.15, 0.2) is 30.5 Å². The third kappa shape index (κ3) is 2.44. The van der Waals surface area contributed by atoms with Crippen molar-refractivity contribution in [1.82, 2.24) is 10.3 Å². The molecule has 1 aliphatic rings. The van der Waals surface area contributed by atoms with Crippen molar-refractivity contribution in [2.24, 2.45) is 11.8 Å². The third-order valence-electron chi connectivity index (χ3n) is 4.39. The Bertz CT molecular complexity index is 515. The Balaban J connectivity index is 1.56. The van der Waals surface area contributed by atoms with E-state index in [9.17, 15) is 0 Å². The van der Waals surface area contributed by atoms with Crippen molar-refractivity contribution in [3.63, 3.8) is 0 Å². The topological polar surface area (TPSA) is 27.8 Å². The number of H-pyrrole nitrogens is 1. The number of nitrogens with one attached hydrogen (secondary N) is 2. The Morgan fingerprint density at radius 3 is 3.06 bits per heavy atom. The van der Waals surface area contributed by atoms with E-state index >= 15 is 0 Å². The molecule has 2 N–H and O–H groups in total. The van der Waals surface area contributed by atoms with Crippen LogP contribution < -0.4 is 5.32 Å². The quantitative estimate of drug-likeness (QED) is 0.840.